The van der Waals surface area contributed by atoms with Gasteiger partial charge >= 0.3 is 0 Å². The van der Waals surface area contributed by atoms with Crippen molar-refractivity contribution in [1.29, 1.82) is 0 Å². The maximum atomic E-state index is 12.8. The van der Waals surface area contributed by atoms with Gasteiger partial charge < -0.3 is 19.5 Å². The summed E-state index contributed by atoms with van der Waals surface area (Å²) in [5, 5.41) is 2.76. The van der Waals surface area contributed by atoms with Gasteiger partial charge in [0.2, 0.25) is 15.9 Å². The lowest BCUT2D eigenvalue weighted by Gasteiger charge is -2.29. The van der Waals surface area contributed by atoms with Crippen LogP contribution in [0.5, 0.6) is 17.2 Å². The zero-order valence-corrected chi connectivity index (χ0v) is 19.6. The highest BCUT2D eigenvalue weighted by molar-refractivity contribution is 7.92. The number of nitrogens with zero attached hydrogens (tertiary/aromatic N) is 1. The van der Waals surface area contributed by atoms with Crippen LogP contribution in [0.4, 0.5) is 5.69 Å². The monoisotopic (exact) mass is 462 g/mol. The molecular formula is C23H30N2O6S. The maximum Gasteiger partial charge on any atom is 0.243 e. The van der Waals surface area contributed by atoms with Crippen LogP contribution < -0.4 is 23.8 Å². The second kappa shape index (κ2) is 10.1. The Morgan fingerprint density at radius 3 is 2.47 bits per heavy atom. The number of sulfonamides is 1. The van der Waals surface area contributed by atoms with E-state index in [1.807, 2.05) is 24.3 Å². The summed E-state index contributed by atoms with van der Waals surface area (Å²) in [6.07, 6.45) is 1.07. The number of rotatable bonds is 9. The first-order valence-electron chi connectivity index (χ1n) is 10.6. The van der Waals surface area contributed by atoms with Crippen molar-refractivity contribution < 1.29 is 27.4 Å². The molecule has 9 heteroatoms. The predicted octanol–water partition coefficient (Wildman–Crippen LogP) is 2.93. The third kappa shape index (κ3) is 5.64. The van der Waals surface area contributed by atoms with Crippen LogP contribution >= 0.6 is 0 Å². The first-order valence-corrected chi connectivity index (χ1v) is 12.4. The molecule has 0 saturated carbocycles. The number of benzene rings is 2. The molecule has 32 heavy (non-hydrogen) atoms. The van der Waals surface area contributed by atoms with Crippen molar-refractivity contribution in [1.82, 2.24) is 5.32 Å². The van der Waals surface area contributed by atoms with Crippen LogP contribution in [0.15, 0.2) is 42.5 Å². The number of amides is 1. The SMILES string of the molecule is CC(C)c1ccccc1OCCNC(=O)[C@H](C)N(c1ccc2c(c1)OCCO2)S(C)(=O)=O. The number of carbonyl (C=O) groups is 1. The lowest BCUT2D eigenvalue weighted by molar-refractivity contribution is -0.121. The number of fused-ring (bicyclic) bond motifs is 1. The fraction of sp³-hybridized carbons (Fsp3) is 0.435. The Labute approximate surface area is 189 Å². The second-order valence-electron chi connectivity index (χ2n) is 7.89. The minimum Gasteiger partial charge on any atom is -0.491 e. The molecule has 0 spiro atoms. The molecular weight excluding hydrogens is 432 g/mol. The van der Waals surface area contributed by atoms with Crippen LogP contribution in [-0.2, 0) is 14.8 Å². The van der Waals surface area contributed by atoms with E-state index in [2.05, 4.69) is 19.2 Å². The van der Waals surface area contributed by atoms with Crippen molar-refractivity contribution in [2.75, 3.05) is 36.9 Å². The van der Waals surface area contributed by atoms with Gasteiger partial charge in [0.15, 0.2) is 11.5 Å². The lowest BCUT2D eigenvalue weighted by atomic mass is 10.0. The van der Waals surface area contributed by atoms with E-state index >= 15 is 0 Å². The molecule has 1 N–H and O–H groups in total. The Balaban J connectivity index is 1.65. The minimum absolute atomic E-state index is 0.244. The molecule has 0 aliphatic carbocycles. The lowest BCUT2D eigenvalue weighted by Crippen LogP contribution is -2.48. The third-order valence-electron chi connectivity index (χ3n) is 5.07. The van der Waals surface area contributed by atoms with E-state index in [9.17, 15) is 13.2 Å². The van der Waals surface area contributed by atoms with Crippen molar-refractivity contribution >= 4 is 21.6 Å². The van der Waals surface area contributed by atoms with Gasteiger partial charge in [0.1, 0.15) is 31.6 Å². The zero-order valence-electron chi connectivity index (χ0n) is 18.8. The molecule has 2 aromatic rings. The van der Waals surface area contributed by atoms with Gasteiger partial charge in [-0.15, -0.1) is 0 Å². The van der Waals surface area contributed by atoms with Crippen LogP contribution in [0.2, 0.25) is 0 Å². The van der Waals surface area contributed by atoms with Crippen LogP contribution in [0.25, 0.3) is 0 Å². The van der Waals surface area contributed by atoms with E-state index in [1.165, 1.54) is 0 Å². The summed E-state index contributed by atoms with van der Waals surface area (Å²) in [6.45, 7) is 7.05. The summed E-state index contributed by atoms with van der Waals surface area (Å²) in [5.41, 5.74) is 1.43. The largest absolute Gasteiger partial charge is 0.491 e. The highest BCUT2D eigenvalue weighted by Crippen LogP contribution is 2.35. The van der Waals surface area contributed by atoms with Crippen molar-refractivity contribution in [3.63, 3.8) is 0 Å². The summed E-state index contributed by atoms with van der Waals surface area (Å²) in [5.74, 6) is 1.66. The quantitative estimate of drug-likeness (QED) is 0.576. The first-order chi connectivity index (χ1) is 15.2. The number of para-hydroxylation sites is 1. The molecule has 2 aromatic carbocycles. The summed E-state index contributed by atoms with van der Waals surface area (Å²) >= 11 is 0. The maximum absolute atomic E-state index is 12.8. The van der Waals surface area contributed by atoms with Gasteiger partial charge in [0.05, 0.1) is 18.5 Å². The van der Waals surface area contributed by atoms with Gasteiger partial charge in [-0.05, 0) is 36.6 Å². The van der Waals surface area contributed by atoms with Crippen LogP contribution in [-0.4, -0.2) is 53.0 Å². The molecule has 3 rings (SSSR count). The summed E-state index contributed by atoms with van der Waals surface area (Å²) in [4.78, 5) is 12.8. The fourth-order valence-electron chi connectivity index (χ4n) is 3.55. The van der Waals surface area contributed by atoms with Gasteiger partial charge in [-0.3, -0.25) is 9.10 Å². The van der Waals surface area contributed by atoms with E-state index in [4.69, 9.17) is 14.2 Å². The molecule has 0 fully saturated rings. The smallest absolute Gasteiger partial charge is 0.243 e. The van der Waals surface area contributed by atoms with Crippen LogP contribution in [0.3, 0.4) is 0 Å². The Morgan fingerprint density at radius 2 is 1.78 bits per heavy atom. The van der Waals surface area contributed by atoms with Crippen molar-refractivity contribution in [2.45, 2.75) is 32.7 Å². The Kier molecular flexibility index (Phi) is 7.50. The van der Waals surface area contributed by atoms with Crippen molar-refractivity contribution in [3.05, 3.63) is 48.0 Å². The average Bonchev–Trinajstić information content (AvgIpc) is 2.75. The van der Waals surface area contributed by atoms with Crippen molar-refractivity contribution in [2.24, 2.45) is 0 Å². The highest BCUT2D eigenvalue weighted by atomic mass is 32.2. The number of hydrogen-bond donors (Lipinski definition) is 1. The Bertz CT molecular complexity index is 1050. The van der Waals surface area contributed by atoms with Gasteiger partial charge in [0.25, 0.3) is 0 Å². The molecule has 1 amide bonds. The van der Waals surface area contributed by atoms with E-state index in [0.717, 1.165) is 21.9 Å². The minimum atomic E-state index is -3.73. The fourth-order valence-corrected chi connectivity index (χ4v) is 4.72. The molecule has 0 aromatic heterocycles. The van der Waals surface area contributed by atoms with Gasteiger partial charge in [-0.1, -0.05) is 32.0 Å². The molecule has 1 heterocycles. The van der Waals surface area contributed by atoms with E-state index < -0.39 is 22.0 Å². The molecule has 0 radical (unpaired) electrons. The molecule has 1 aliphatic rings. The third-order valence-corrected chi connectivity index (χ3v) is 6.31. The standard InChI is InChI=1S/C23H30N2O6S/c1-16(2)19-7-5-6-8-20(19)29-12-11-24-23(26)17(3)25(32(4,27)28)18-9-10-21-22(15-18)31-14-13-30-21/h5-10,15-17H,11-14H2,1-4H3,(H,24,26)/t17-/m0/s1. The molecule has 1 atom stereocenters. The highest BCUT2D eigenvalue weighted by Gasteiger charge is 2.30. The number of hydrogen-bond acceptors (Lipinski definition) is 6. The number of ether oxygens (including phenoxy) is 3. The number of carbonyl (C=O) groups excluding carboxylic acids is 1. The molecule has 0 unspecified atom stereocenters. The summed E-state index contributed by atoms with van der Waals surface area (Å²) in [6, 6.07) is 11.6. The van der Waals surface area contributed by atoms with E-state index in [1.54, 1.807) is 25.1 Å². The normalized spacial score (nSPS) is 14.0. The molecule has 0 bridgehead atoms. The van der Waals surface area contributed by atoms with E-state index in [-0.39, 0.29) is 13.2 Å². The predicted molar refractivity (Wildman–Crippen MR) is 123 cm³/mol. The zero-order chi connectivity index (χ0) is 23.3. The molecule has 174 valence electrons. The van der Waals surface area contributed by atoms with Crippen molar-refractivity contribution in [3.8, 4) is 17.2 Å². The van der Waals surface area contributed by atoms with Gasteiger partial charge in [0, 0.05) is 6.07 Å². The van der Waals surface area contributed by atoms with Gasteiger partial charge in [-0.25, -0.2) is 8.42 Å². The molecule has 1 aliphatic heterocycles. The topological polar surface area (TPSA) is 94.2 Å². The number of anilines is 1. The molecule has 0 saturated heterocycles. The average molecular weight is 463 g/mol. The Morgan fingerprint density at radius 1 is 1.09 bits per heavy atom. The number of nitrogens with one attached hydrogen (secondary N) is 1. The summed E-state index contributed by atoms with van der Waals surface area (Å²) in [7, 11) is -3.73. The van der Waals surface area contributed by atoms with Gasteiger partial charge in [-0.2, -0.15) is 0 Å². The van der Waals surface area contributed by atoms with E-state index in [0.29, 0.717) is 36.3 Å². The first kappa shape index (κ1) is 23.7. The van der Waals surface area contributed by atoms with Crippen LogP contribution in [0, 0.1) is 0 Å². The Hall–Kier alpha value is -2.94. The second-order valence-corrected chi connectivity index (χ2v) is 9.75. The van der Waals surface area contributed by atoms with Crippen LogP contribution in [0.1, 0.15) is 32.3 Å². The summed E-state index contributed by atoms with van der Waals surface area (Å²) < 4.78 is 43.0. The molecule has 8 nitrogen and oxygen atoms in total.